The number of carbonyl (C=O) groups excluding carboxylic acids is 4. The Bertz CT molecular complexity index is 1890. The molecule has 14 heteroatoms. The maximum atomic E-state index is 14.4. The van der Waals surface area contributed by atoms with Crippen LogP contribution >= 0.6 is 0 Å². The molecule has 1 heterocycles. The lowest BCUT2D eigenvalue weighted by Crippen LogP contribution is -2.26. The standard InChI is InChI=1S/C41H40F2O12/c1-3-35(44)50-25-7-5-23-48-30-15-11-28(12-16-30)39(46)52-32-19-9-27(10-20-32)33-21-22-34(38-37(33)54-41(42,43)55-38)53-40(47)29-13-17-31(18-14-29)49-24-6-8-26-51-36(45)4-2/h3-4,9,11-18,21-22,32H,1-2,5-8,10,19-20,23-26H2. The first-order valence-corrected chi connectivity index (χ1v) is 17.6. The highest BCUT2D eigenvalue weighted by atomic mass is 19.3. The van der Waals surface area contributed by atoms with Crippen LogP contribution in [0.1, 0.15) is 71.2 Å². The van der Waals surface area contributed by atoms with E-state index in [0.717, 1.165) is 12.2 Å². The van der Waals surface area contributed by atoms with Gasteiger partial charge in [0, 0.05) is 24.1 Å². The maximum Gasteiger partial charge on any atom is 0.586 e. The van der Waals surface area contributed by atoms with Crippen molar-refractivity contribution in [1.82, 2.24) is 0 Å². The number of fused-ring (bicyclic) bond motifs is 1. The van der Waals surface area contributed by atoms with Crippen molar-refractivity contribution in [2.75, 3.05) is 26.4 Å². The molecule has 0 saturated carbocycles. The van der Waals surface area contributed by atoms with Crippen molar-refractivity contribution in [2.45, 2.75) is 57.3 Å². The Morgan fingerprint density at radius 1 is 0.709 bits per heavy atom. The number of hydrogen-bond acceptors (Lipinski definition) is 12. The van der Waals surface area contributed by atoms with Crippen LogP contribution in [0.5, 0.6) is 28.7 Å². The Morgan fingerprint density at radius 2 is 1.24 bits per heavy atom. The first kappa shape index (κ1) is 40.0. The molecule has 3 aromatic rings. The molecule has 0 amide bonds. The van der Waals surface area contributed by atoms with E-state index in [1.54, 1.807) is 42.5 Å². The van der Waals surface area contributed by atoms with E-state index < -0.39 is 42.0 Å². The van der Waals surface area contributed by atoms with Crippen LogP contribution in [0.25, 0.3) is 5.57 Å². The fraction of sp³-hybridized carbons (Fsp3) is 0.317. The molecule has 3 aromatic carbocycles. The zero-order valence-electron chi connectivity index (χ0n) is 29.9. The number of benzene rings is 3. The third-order valence-electron chi connectivity index (χ3n) is 8.32. The molecule has 0 bridgehead atoms. The van der Waals surface area contributed by atoms with Crippen LogP contribution < -0.4 is 23.7 Å². The van der Waals surface area contributed by atoms with Gasteiger partial charge in [0.25, 0.3) is 0 Å². The Kier molecular flexibility index (Phi) is 14.0. The maximum absolute atomic E-state index is 14.4. The summed E-state index contributed by atoms with van der Waals surface area (Å²) in [6.45, 7) is 7.96. The zero-order valence-corrected chi connectivity index (χ0v) is 29.9. The van der Waals surface area contributed by atoms with Gasteiger partial charge in [-0.05, 0) is 105 Å². The molecule has 2 aliphatic rings. The molecule has 1 unspecified atom stereocenters. The minimum Gasteiger partial charge on any atom is -0.494 e. The minimum absolute atomic E-state index is 0.143. The second-order valence-electron chi connectivity index (χ2n) is 12.3. The van der Waals surface area contributed by atoms with Gasteiger partial charge in [-0.1, -0.05) is 19.2 Å². The quantitative estimate of drug-likeness (QED) is 0.0387. The first-order chi connectivity index (χ1) is 26.5. The molecule has 0 aromatic heterocycles. The molecular formula is C41H40F2O12. The van der Waals surface area contributed by atoms with Gasteiger partial charge < -0.3 is 37.9 Å². The van der Waals surface area contributed by atoms with Gasteiger partial charge in [-0.15, -0.1) is 8.78 Å². The molecule has 1 atom stereocenters. The number of ether oxygens (including phenoxy) is 8. The van der Waals surface area contributed by atoms with E-state index in [1.807, 2.05) is 0 Å². The Balaban J connectivity index is 1.11. The molecule has 0 spiro atoms. The van der Waals surface area contributed by atoms with E-state index in [9.17, 15) is 28.0 Å². The van der Waals surface area contributed by atoms with Crippen LogP contribution in [0.15, 0.2) is 92.0 Å². The van der Waals surface area contributed by atoms with Crippen LogP contribution in [0.4, 0.5) is 8.78 Å². The second-order valence-corrected chi connectivity index (χ2v) is 12.3. The summed E-state index contributed by atoms with van der Waals surface area (Å²) in [5.74, 6) is -2.13. The highest BCUT2D eigenvalue weighted by molar-refractivity contribution is 5.92. The molecular weight excluding hydrogens is 722 g/mol. The molecule has 1 aliphatic heterocycles. The van der Waals surface area contributed by atoms with Crippen molar-refractivity contribution in [3.8, 4) is 28.7 Å². The van der Waals surface area contributed by atoms with Gasteiger partial charge in [-0.3, -0.25) is 0 Å². The average molecular weight is 763 g/mol. The summed E-state index contributed by atoms with van der Waals surface area (Å²) in [6.07, 6.45) is 3.23. The van der Waals surface area contributed by atoms with E-state index in [-0.39, 0.29) is 30.3 Å². The van der Waals surface area contributed by atoms with Gasteiger partial charge in [-0.25, -0.2) is 19.2 Å². The topological polar surface area (TPSA) is 142 Å². The summed E-state index contributed by atoms with van der Waals surface area (Å²) in [6, 6.07) is 15.5. The van der Waals surface area contributed by atoms with E-state index in [0.29, 0.717) is 86.4 Å². The molecule has 0 saturated heterocycles. The molecule has 290 valence electrons. The van der Waals surface area contributed by atoms with Crippen LogP contribution in [-0.2, 0) is 23.8 Å². The molecule has 0 radical (unpaired) electrons. The Morgan fingerprint density at radius 3 is 1.76 bits per heavy atom. The largest absolute Gasteiger partial charge is 0.586 e. The average Bonchev–Trinajstić information content (AvgIpc) is 3.53. The molecule has 1 aliphatic carbocycles. The van der Waals surface area contributed by atoms with Crippen molar-refractivity contribution >= 4 is 29.5 Å². The fourth-order valence-electron chi connectivity index (χ4n) is 5.50. The van der Waals surface area contributed by atoms with Crippen LogP contribution in [0, 0.1) is 0 Å². The first-order valence-electron chi connectivity index (χ1n) is 17.6. The van der Waals surface area contributed by atoms with E-state index in [4.69, 9.17) is 37.9 Å². The second kappa shape index (κ2) is 19.2. The van der Waals surface area contributed by atoms with Crippen LogP contribution in [-0.4, -0.2) is 62.7 Å². The van der Waals surface area contributed by atoms with Gasteiger partial charge in [0.15, 0.2) is 11.5 Å². The number of carbonyl (C=O) groups is 4. The van der Waals surface area contributed by atoms with Crippen molar-refractivity contribution in [1.29, 1.82) is 0 Å². The monoisotopic (exact) mass is 762 g/mol. The van der Waals surface area contributed by atoms with E-state index in [2.05, 4.69) is 13.2 Å². The van der Waals surface area contributed by atoms with E-state index >= 15 is 0 Å². The number of allylic oxidation sites excluding steroid dienone is 1. The van der Waals surface area contributed by atoms with Crippen LogP contribution in [0.2, 0.25) is 0 Å². The van der Waals surface area contributed by atoms with Gasteiger partial charge in [0.2, 0.25) is 5.75 Å². The highest BCUT2D eigenvalue weighted by Gasteiger charge is 2.47. The summed E-state index contributed by atoms with van der Waals surface area (Å²) in [5.41, 5.74) is 1.50. The number of hydrogen-bond donors (Lipinski definition) is 0. The number of unbranched alkanes of at least 4 members (excludes halogenated alkanes) is 2. The Labute approximate surface area is 316 Å². The highest BCUT2D eigenvalue weighted by Crippen LogP contribution is 2.52. The normalized spacial score (nSPS) is 15.2. The third kappa shape index (κ3) is 11.7. The summed E-state index contributed by atoms with van der Waals surface area (Å²) >= 11 is 0. The van der Waals surface area contributed by atoms with Crippen LogP contribution in [0.3, 0.4) is 0 Å². The van der Waals surface area contributed by atoms with Gasteiger partial charge >= 0.3 is 30.2 Å². The Hall–Kier alpha value is -6.18. The predicted octanol–water partition coefficient (Wildman–Crippen LogP) is 7.80. The summed E-state index contributed by atoms with van der Waals surface area (Å²) in [5, 5.41) is 0. The smallest absolute Gasteiger partial charge is 0.494 e. The van der Waals surface area contributed by atoms with Gasteiger partial charge in [0.05, 0.1) is 37.6 Å². The molecule has 0 fully saturated rings. The lowest BCUT2D eigenvalue weighted by molar-refractivity contribution is -0.287. The van der Waals surface area contributed by atoms with Crippen molar-refractivity contribution < 1.29 is 65.9 Å². The summed E-state index contributed by atoms with van der Waals surface area (Å²) < 4.78 is 70.7. The summed E-state index contributed by atoms with van der Waals surface area (Å²) in [7, 11) is 0. The zero-order chi connectivity index (χ0) is 39.2. The third-order valence-corrected chi connectivity index (χ3v) is 8.32. The molecule has 0 N–H and O–H groups in total. The number of alkyl halides is 2. The predicted molar refractivity (Wildman–Crippen MR) is 193 cm³/mol. The van der Waals surface area contributed by atoms with Gasteiger partial charge in [0.1, 0.15) is 17.6 Å². The number of halogens is 2. The summed E-state index contributed by atoms with van der Waals surface area (Å²) in [4.78, 5) is 47.9. The molecule has 55 heavy (non-hydrogen) atoms. The van der Waals surface area contributed by atoms with Crippen molar-refractivity contribution in [3.63, 3.8) is 0 Å². The lowest BCUT2D eigenvalue weighted by Gasteiger charge is -2.23. The SMILES string of the molecule is C=CC(=O)OCCCCOc1ccc(C(=O)Oc2ccc(C3=CCC(OC(=O)c4ccc(OCCCCOC(=O)C=C)cc4)CC3)c3c2OC(F)(F)O3)cc1. The number of rotatable bonds is 19. The minimum atomic E-state index is -3.98. The molecule has 5 rings (SSSR count). The number of esters is 4. The fourth-order valence-corrected chi connectivity index (χ4v) is 5.50. The van der Waals surface area contributed by atoms with Crippen molar-refractivity contribution in [3.05, 3.63) is 109 Å². The lowest BCUT2D eigenvalue weighted by atomic mass is 9.91. The van der Waals surface area contributed by atoms with E-state index in [1.165, 1.54) is 24.3 Å². The molecule has 12 nitrogen and oxygen atoms in total. The van der Waals surface area contributed by atoms with Gasteiger partial charge in [-0.2, -0.15) is 0 Å². The van der Waals surface area contributed by atoms with Crippen molar-refractivity contribution in [2.24, 2.45) is 0 Å².